The highest BCUT2D eigenvalue weighted by Crippen LogP contribution is 2.27. The first-order chi connectivity index (χ1) is 8.56. The Kier molecular flexibility index (Phi) is 4.86. The lowest BCUT2D eigenvalue weighted by molar-refractivity contribution is 0.0572. The summed E-state index contributed by atoms with van der Waals surface area (Å²) in [6.45, 7) is 2.15. The van der Waals surface area contributed by atoms with Gasteiger partial charge < -0.3 is 14.9 Å². The molecular weight excluding hydrogens is 321 g/mol. The van der Waals surface area contributed by atoms with Crippen LogP contribution in [0.15, 0.2) is 22.7 Å². The molecule has 6 heteroatoms. The van der Waals surface area contributed by atoms with E-state index in [0.717, 1.165) is 10.2 Å². The predicted molar refractivity (Wildman–Crippen MR) is 73.1 cm³/mol. The van der Waals surface area contributed by atoms with Crippen molar-refractivity contribution < 1.29 is 14.9 Å². The molecule has 1 aromatic rings. The highest BCUT2D eigenvalue weighted by Gasteiger charge is 2.28. The van der Waals surface area contributed by atoms with Crippen molar-refractivity contribution in [2.24, 2.45) is 0 Å². The van der Waals surface area contributed by atoms with E-state index in [2.05, 4.69) is 15.9 Å². The lowest BCUT2D eigenvalue weighted by Gasteiger charge is -2.15. The van der Waals surface area contributed by atoms with Gasteiger partial charge in [-0.2, -0.15) is 0 Å². The van der Waals surface area contributed by atoms with E-state index in [1.54, 1.807) is 18.2 Å². The van der Waals surface area contributed by atoms with Gasteiger partial charge >= 0.3 is 0 Å². The molecule has 2 N–H and O–H groups in total. The van der Waals surface area contributed by atoms with Crippen LogP contribution in [0.5, 0.6) is 5.75 Å². The lowest BCUT2D eigenvalue weighted by atomic mass is 10.3. The molecule has 4 nitrogen and oxygen atoms in total. The van der Waals surface area contributed by atoms with Crippen molar-refractivity contribution in [3.05, 3.63) is 27.7 Å². The normalized spacial score (nSPS) is 24.4. The molecule has 1 saturated heterocycles. The molecule has 1 fully saturated rings. The number of ether oxygens (including phenoxy) is 1. The Morgan fingerprint density at radius 3 is 2.61 bits per heavy atom. The molecule has 1 aliphatic rings. The van der Waals surface area contributed by atoms with Crippen LogP contribution in [-0.2, 0) is 0 Å². The number of nitrogens with zero attached hydrogens (tertiary/aromatic N) is 1. The summed E-state index contributed by atoms with van der Waals surface area (Å²) in [4.78, 5) is 1.97. The minimum absolute atomic E-state index is 0.492. The maximum absolute atomic E-state index is 9.40. The molecular formula is C12H15BrClNO3. The first kappa shape index (κ1) is 14.1. The number of aliphatic hydroxyl groups excluding tert-OH is 2. The smallest absolute Gasteiger partial charge is 0.133 e. The molecule has 18 heavy (non-hydrogen) atoms. The van der Waals surface area contributed by atoms with Crippen LogP contribution in [0.1, 0.15) is 0 Å². The molecule has 100 valence electrons. The summed E-state index contributed by atoms with van der Waals surface area (Å²) in [5.41, 5.74) is 0. The number of halogens is 2. The average Bonchev–Trinajstić information content (AvgIpc) is 2.61. The van der Waals surface area contributed by atoms with E-state index in [0.29, 0.717) is 31.3 Å². The molecule has 2 rings (SSSR count). The number of hydrogen-bond acceptors (Lipinski definition) is 4. The molecule has 2 atom stereocenters. The van der Waals surface area contributed by atoms with E-state index >= 15 is 0 Å². The van der Waals surface area contributed by atoms with Gasteiger partial charge in [0.1, 0.15) is 12.4 Å². The summed E-state index contributed by atoms with van der Waals surface area (Å²) in [7, 11) is 0. The lowest BCUT2D eigenvalue weighted by Crippen LogP contribution is -2.27. The molecule has 0 bridgehead atoms. The number of benzene rings is 1. The molecule has 0 radical (unpaired) electrons. The SMILES string of the molecule is OC1CN(CCOc2ccc(Cl)cc2Br)CC1O. The van der Waals surface area contributed by atoms with E-state index in [-0.39, 0.29) is 0 Å². The fourth-order valence-corrected chi connectivity index (χ4v) is 2.70. The molecule has 0 aromatic heterocycles. The van der Waals surface area contributed by atoms with Crippen molar-refractivity contribution in [2.45, 2.75) is 12.2 Å². The van der Waals surface area contributed by atoms with Crippen LogP contribution in [0.4, 0.5) is 0 Å². The first-order valence-electron chi connectivity index (χ1n) is 5.72. The van der Waals surface area contributed by atoms with Crippen molar-refractivity contribution in [3.8, 4) is 5.75 Å². The molecule has 0 saturated carbocycles. The van der Waals surface area contributed by atoms with Gasteiger partial charge in [0.15, 0.2) is 0 Å². The fraction of sp³-hybridized carbons (Fsp3) is 0.500. The number of hydrogen-bond donors (Lipinski definition) is 2. The quantitative estimate of drug-likeness (QED) is 0.875. The molecule has 1 aromatic carbocycles. The van der Waals surface area contributed by atoms with Gasteiger partial charge in [-0.1, -0.05) is 11.6 Å². The second kappa shape index (κ2) is 6.21. The highest BCUT2D eigenvalue weighted by molar-refractivity contribution is 9.10. The zero-order chi connectivity index (χ0) is 13.1. The van der Waals surface area contributed by atoms with E-state index in [9.17, 15) is 10.2 Å². The Morgan fingerprint density at radius 1 is 1.33 bits per heavy atom. The van der Waals surface area contributed by atoms with Crippen LogP contribution in [0.2, 0.25) is 5.02 Å². The first-order valence-corrected chi connectivity index (χ1v) is 6.89. The van der Waals surface area contributed by atoms with Gasteiger partial charge in [0, 0.05) is 24.7 Å². The van der Waals surface area contributed by atoms with Crippen LogP contribution in [0.3, 0.4) is 0 Å². The maximum atomic E-state index is 9.40. The van der Waals surface area contributed by atoms with Gasteiger partial charge in [0.2, 0.25) is 0 Å². The molecule has 0 amide bonds. The van der Waals surface area contributed by atoms with Gasteiger partial charge in [-0.3, -0.25) is 4.90 Å². The fourth-order valence-electron chi connectivity index (χ4n) is 1.91. The van der Waals surface area contributed by atoms with Gasteiger partial charge in [0.25, 0.3) is 0 Å². The Bertz CT molecular complexity index is 408. The number of likely N-dealkylation sites (tertiary alicyclic amines) is 1. The van der Waals surface area contributed by atoms with E-state index in [1.165, 1.54) is 0 Å². The standard InChI is InChI=1S/C12H15BrClNO3/c13-9-5-8(14)1-2-12(9)18-4-3-15-6-10(16)11(17)7-15/h1-2,5,10-11,16-17H,3-4,6-7H2. The van der Waals surface area contributed by atoms with Gasteiger partial charge in [-0.05, 0) is 34.1 Å². The molecule has 0 aliphatic carbocycles. The number of rotatable bonds is 4. The van der Waals surface area contributed by atoms with E-state index < -0.39 is 12.2 Å². The minimum atomic E-state index is -0.646. The zero-order valence-corrected chi connectivity index (χ0v) is 12.1. The maximum Gasteiger partial charge on any atom is 0.133 e. The van der Waals surface area contributed by atoms with Crippen LogP contribution in [0, 0.1) is 0 Å². The van der Waals surface area contributed by atoms with Crippen LogP contribution in [-0.4, -0.2) is 53.6 Å². The Morgan fingerprint density at radius 2 is 2.00 bits per heavy atom. The molecule has 1 aliphatic heterocycles. The van der Waals surface area contributed by atoms with E-state index in [4.69, 9.17) is 16.3 Å². The van der Waals surface area contributed by atoms with Gasteiger partial charge in [0.05, 0.1) is 16.7 Å². The average molecular weight is 337 g/mol. The number of aliphatic hydroxyl groups is 2. The van der Waals surface area contributed by atoms with Crippen molar-refractivity contribution >= 4 is 27.5 Å². The third-order valence-corrected chi connectivity index (χ3v) is 3.75. The topological polar surface area (TPSA) is 52.9 Å². The van der Waals surface area contributed by atoms with Crippen molar-refractivity contribution in [2.75, 3.05) is 26.2 Å². The monoisotopic (exact) mass is 335 g/mol. The predicted octanol–water partition coefficient (Wildman–Crippen LogP) is 1.52. The van der Waals surface area contributed by atoms with Gasteiger partial charge in [-0.25, -0.2) is 0 Å². The summed E-state index contributed by atoms with van der Waals surface area (Å²) >= 11 is 9.21. The summed E-state index contributed by atoms with van der Waals surface area (Å²) in [6, 6.07) is 5.35. The minimum Gasteiger partial charge on any atom is -0.491 e. The van der Waals surface area contributed by atoms with Crippen molar-refractivity contribution in [3.63, 3.8) is 0 Å². The summed E-state index contributed by atoms with van der Waals surface area (Å²) in [5, 5.41) is 19.5. The Hall–Kier alpha value is -0.330. The molecule has 1 heterocycles. The van der Waals surface area contributed by atoms with Crippen molar-refractivity contribution in [1.82, 2.24) is 4.90 Å². The Labute approximate surface area is 119 Å². The number of β-amino-alcohol motifs (C(OH)–C–C–N with tert-alkyl or cyclic N) is 2. The highest BCUT2D eigenvalue weighted by atomic mass is 79.9. The largest absolute Gasteiger partial charge is 0.491 e. The molecule has 0 spiro atoms. The third-order valence-electron chi connectivity index (χ3n) is 2.89. The summed E-state index contributed by atoms with van der Waals surface area (Å²) < 4.78 is 6.43. The Balaban J connectivity index is 1.79. The summed E-state index contributed by atoms with van der Waals surface area (Å²) in [6.07, 6.45) is -1.29. The van der Waals surface area contributed by atoms with Crippen LogP contribution >= 0.6 is 27.5 Å². The second-order valence-electron chi connectivity index (χ2n) is 4.32. The van der Waals surface area contributed by atoms with Crippen molar-refractivity contribution in [1.29, 1.82) is 0 Å². The van der Waals surface area contributed by atoms with Gasteiger partial charge in [-0.15, -0.1) is 0 Å². The van der Waals surface area contributed by atoms with Crippen LogP contribution < -0.4 is 4.74 Å². The zero-order valence-electron chi connectivity index (χ0n) is 9.72. The van der Waals surface area contributed by atoms with Crippen LogP contribution in [0.25, 0.3) is 0 Å². The third kappa shape index (κ3) is 3.59. The molecule has 2 unspecified atom stereocenters. The summed E-state index contributed by atoms with van der Waals surface area (Å²) in [5.74, 6) is 0.736. The van der Waals surface area contributed by atoms with E-state index in [1.807, 2.05) is 4.90 Å². The second-order valence-corrected chi connectivity index (χ2v) is 5.61.